The quantitative estimate of drug-likeness (QED) is 0.527. The molecule has 3 N–H and O–H groups in total. The number of rotatable bonds is 8. The van der Waals surface area contributed by atoms with Crippen molar-refractivity contribution >= 4 is 16.9 Å². The van der Waals surface area contributed by atoms with Gasteiger partial charge in [-0.05, 0) is 0 Å². The van der Waals surface area contributed by atoms with E-state index in [0.29, 0.717) is 11.3 Å². The van der Waals surface area contributed by atoms with Crippen LogP contribution in [-0.2, 0) is 9.53 Å². The number of aliphatic hydroxyl groups is 1. The smallest absolute Gasteiger partial charge is 0.258 e. The first-order valence-corrected chi connectivity index (χ1v) is 8.90. The predicted octanol–water partition coefficient (Wildman–Crippen LogP) is 1.67. The van der Waals surface area contributed by atoms with Crippen LogP contribution in [0.25, 0.3) is 22.3 Å². The zero-order valence-corrected chi connectivity index (χ0v) is 15.8. The highest BCUT2D eigenvalue weighted by molar-refractivity contribution is 5.86. The van der Waals surface area contributed by atoms with Crippen molar-refractivity contribution < 1.29 is 28.9 Å². The highest BCUT2D eigenvalue weighted by atomic mass is 16.5. The average molecular weight is 399 g/mol. The Morgan fingerprint density at radius 2 is 1.97 bits per heavy atom. The van der Waals surface area contributed by atoms with Crippen LogP contribution in [0.2, 0.25) is 0 Å². The normalized spacial score (nSPS) is 11.9. The van der Waals surface area contributed by atoms with Crippen LogP contribution in [0.15, 0.2) is 57.7 Å². The minimum atomic E-state index is -0.820. The number of amides is 1. The molecule has 0 radical (unpaired) electrons. The van der Waals surface area contributed by atoms with Gasteiger partial charge in [-0.15, -0.1) is 0 Å². The van der Waals surface area contributed by atoms with Crippen molar-refractivity contribution in [3.8, 4) is 22.8 Å². The molecule has 0 spiro atoms. The van der Waals surface area contributed by atoms with Crippen molar-refractivity contribution in [2.24, 2.45) is 0 Å². The Balaban J connectivity index is 1.77. The molecular weight excluding hydrogens is 378 g/mol. The molecule has 1 amide bonds. The molecule has 152 valence electrons. The van der Waals surface area contributed by atoms with Gasteiger partial charge in [-0.2, -0.15) is 0 Å². The summed E-state index contributed by atoms with van der Waals surface area (Å²) in [5, 5.41) is 22.3. The third-order valence-electron chi connectivity index (χ3n) is 4.11. The number of hydrogen-bond donors (Lipinski definition) is 3. The Morgan fingerprint density at radius 3 is 2.69 bits per heavy atom. The maximum absolute atomic E-state index is 12.4. The maximum atomic E-state index is 12.4. The van der Waals surface area contributed by atoms with E-state index in [0.717, 1.165) is 0 Å². The van der Waals surface area contributed by atoms with Crippen LogP contribution in [0.3, 0.4) is 0 Å². The van der Waals surface area contributed by atoms with Crippen LogP contribution in [0, 0.1) is 0 Å². The number of phenols is 1. The second-order valence-electron chi connectivity index (χ2n) is 6.36. The molecule has 0 fully saturated rings. The number of phenolic OH excluding ortho intramolecular Hbond substituents is 1. The summed E-state index contributed by atoms with van der Waals surface area (Å²) in [5.41, 5.74) is 0.465. The number of carbonyl (C=O) groups excluding carboxylic acids is 1. The summed E-state index contributed by atoms with van der Waals surface area (Å²) in [4.78, 5) is 24.3. The molecule has 1 heterocycles. The van der Waals surface area contributed by atoms with Gasteiger partial charge in [-0.25, -0.2) is 0 Å². The highest BCUT2D eigenvalue weighted by Crippen LogP contribution is 2.31. The molecule has 0 aliphatic heterocycles. The lowest BCUT2D eigenvalue weighted by atomic mass is 10.1. The van der Waals surface area contributed by atoms with Gasteiger partial charge >= 0.3 is 0 Å². The van der Waals surface area contributed by atoms with E-state index < -0.39 is 12.0 Å². The van der Waals surface area contributed by atoms with E-state index in [1.807, 2.05) is 18.2 Å². The monoisotopic (exact) mass is 399 g/mol. The third-order valence-corrected chi connectivity index (χ3v) is 4.11. The maximum Gasteiger partial charge on any atom is 0.258 e. The van der Waals surface area contributed by atoms with E-state index in [2.05, 4.69) is 5.32 Å². The van der Waals surface area contributed by atoms with Crippen LogP contribution in [0.4, 0.5) is 0 Å². The summed E-state index contributed by atoms with van der Waals surface area (Å²) < 4.78 is 15.9. The van der Waals surface area contributed by atoms with E-state index in [-0.39, 0.29) is 47.7 Å². The lowest BCUT2D eigenvalue weighted by Gasteiger charge is -2.12. The van der Waals surface area contributed by atoms with Crippen LogP contribution >= 0.6 is 0 Å². The van der Waals surface area contributed by atoms with Gasteiger partial charge in [0.15, 0.2) is 12.0 Å². The number of benzene rings is 2. The first-order valence-electron chi connectivity index (χ1n) is 8.90. The standard InChI is InChI=1S/C21H21NO7/c1-27-11-14(23)10-22-20(26)12-28-15-7-16(24)21-17(25)9-18(29-19(21)8-15)13-5-3-2-4-6-13/h2-9,14,23-24H,10-12H2,1H3,(H,22,26)/t14-/m0/s1. The molecule has 3 rings (SSSR count). The molecule has 2 aromatic carbocycles. The Morgan fingerprint density at radius 1 is 1.21 bits per heavy atom. The lowest BCUT2D eigenvalue weighted by molar-refractivity contribution is -0.123. The van der Waals surface area contributed by atoms with Crippen molar-refractivity contribution in [1.29, 1.82) is 0 Å². The van der Waals surface area contributed by atoms with Gasteiger partial charge in [-0.3, -0.25) is 9.59 Å². The summed E-state index contributed by atoms with van der Waals surface area (Å²) in [6, 6.07) is 13.1. The second kappa shape index (κ2) is 9.22. The molecule has 1 atom stereocenters. The van der Waals surface area contributed by atoms with Crippen LogP contribution < -0.4 is 15.5 Å². The molecule has 8 nitrogen and oxygen atoms in total. The van der Waals surface area contributed by atoms with E-state index in [1.165, 1.54) is 25.3 Å². The minimum Gasteiger partial charge on any atom is -0.507 e. The van der Waals surface area contributed by atoms with Crippen molar-refractivity contribution in [1.82, 2.24) is 5.32 Å². The average Bonchev–Trinajstić information content (AvgIpc) is 2.71. The van der Waals surface area contributed by atoms with Gasteiger partial charge < -0.3 is 29.4 Å². The lowest BCUT2D eigenvalue weighted by Crippen LogP contribution is -2.36. The van der Waals surface area contributed by atoms with E-state index >= 15 is 0 Å². The highest BCUT2D eigenvalue weighted by Gasteiger charge is 2.14. The first kappa shape index (κ1) is 20.4. The number of aromatic hydroxyl groups is 1. The Hall–Kier alpha value is -3.36. The zero-order chi connectivity index (χ0) is 20.8. The number of carbonyl (C=O) groups is 1. The van der Waals surface area contributed by atoms with Crippen molar-refractivity contribution in [3.63, 3.8) is 0 Å². The van der Waals surface area contributed by atoms with Crippen LogP contribution in [-0.4, -0.2) is 49.1 Å². The zero-order valence-electron chi connectivity index (χ0n) is 15.8. The summed E-state index contributed by atoms with van der Waals surface area (Å²) >= 11 is 0. The number of aliphatic hydroxyl groups excluding tert-OH is 1. The SMILES string of the molecule is COC[C@@H](O)CNC(=O)COc1cc(O)c2c(=O)cc(-c3ccccc3)oc2c1. The number of ether oxygens (including phenoxy) is 2. The third kappa shape index (κ3) is 5.13. The van der Waals surface area contributed by atoms with Gasteiger partial charge in [0.2, 0.25) is 0 Å². The van der Waals surface area contributed by atoms with Gasteiger partial charge in [0, 0.05) is 37.4 Å². The topological polar surface area (TPSA) is 118 Å². The Bertz CT molecular complexity index is 1050. The fourth-order valence-electron chi connectivity index (χ4n) is 2.75. The Kier molecular flexibility index (Phi) is 6.48. The summed E-state index contributed by atoms with van der Waals surface area (Å²) in [7, 11) is 1.45. The van der Waals surface area contributed by atoms with E-state index in [9.17, 15) is 19.8 Å². The fourth-order valence-corrected chi connectivity index (χ4v) is 2.75. The molecule has 29 heavy (non-hydrogen) atoms. The van der Waals surface area contributed by atoms with Gasteiger partial charge in [0.1, 0.15) is 28.2 Å². The van der Waals surface area contributed by atoms with Crippen molar-refractivity contribution in [3.05, 3.63) is 58.8 Å². The van der Waals surface area contributed by atoms with E-state index in [4.69, 9.17) is 13.9 Å². The van der Waals surface area contributed by atoms with E-state index in [1.54, 1.807) is 12.1 Å². The van der Waals surface area contributed by atoms with Gasteiger partial charge in [0.05, 0.1) is 12.7 Å². The van der Waals surface area contributed by atoms with Crippen molar-refractivity contribution in [2.45, 2.75) is 6.10 Å². The number of fused-ring (bicyclic) bond motifs is 1. The molecule has 0 saturated carbocycles. The molecule has 0 aliphatic rings. The molecule has 8 heteroatoms. The number of hydrogen-bond acceptors (Lipinski definition) is 7. The Labute approximate surface area is 166 Å². The summed E-state index contributed by atoms with van der Waals surface area (Å²) in [6.45, 7) is -0.218. The molecule has 1 aromatic heterocycles. The van der Waals surface area contributed by atoms with Crippen LogP contribution in [0.1, 0.15) is 0 Å². The summed E-state index contributed by atoms with van der Waals surface area (Å²) in [6.07, 6.45) is -0.820. The summed E-state index contributed by atoms with van der Waals surface area (Å²) in [5.74, 6) is -0.249. The number of methoxy groups -OCH3 is 1. The van der Waals surface area contributed by atoms with Gasteiger partial charge in [0.25, 0.3) is 5.91 Å². The predicted molar refractivity (Wildman–Crippen MR) is 106 cm³/mol. The first-order chi connectivity index (χ1) is 14.0. The van der Waals surface area contributed by atoms with Gasteiger partial charge in [-0.1, -0.05) is 30.3 Å². The number of nitrogens with one attached hydrogen (secondary N) is 1. The van der Waals surface area contributed by atoms with Crippen molar-refractivity contribution in [2.75, 3.05) is 26.9 Å². The van der Waals surface area contributed by atoms with Crippen LogP contribution in [0.5, 0.6) is 11.5 Å². The second-order valence-corrected chi connectivity index (χ2v) is 6.36. The minimum absolute atomic E-state index is 0.0221. The molecule has 0 unspecified atom stereocenters. The molecule has 3 aromatic rings. The molecule has 0 aliphatic carbocycles. The largest absolute Gasteiger partial charge is 0.507 e. The molecular formula is C21H21NO7. The fraction of sp³-hybridized carbons (Fsp3) is 0.238. The molecule has 0 saturated heterocycles. The molecule has 0 bridgehead atoms.